The van der Waals surface area contributed by atoms with Crippen LogP contribution in [0.5, 0.6) is 0 Å². The van der Waals surface area contributed by atoms with E-state index in [9.17, 15) is 5.11 Å². The Morgan fingerprint density at radius 3 is 2.92 bits per heavy atom. The van der Waals surface area contributed by atoms with E-state index in [0.717, 1.165) is 37.8 Å². The van der Waals surface area contributed by atoms with Gasteiger partial charge in [-0.15, -0.1) is 0 Å². The van der Waals surface area contributed by atoms with E-state index in [1.54, 1.807) is 0 Å². The predicted molar refractivity (Wildman–Crippen MR) is 50.6 cm³/mol. The first-order chi connectivity index (χ1) is 5.75. The summed E-state index contributed by atoms with van der Waals surface area (Å²) in [5, 5.41) is 17.4. The van der Waals surface area contributed by atoms with Crippen molar-refractivity contribution in [3.8, 4) is 0 Å². The minimum absolute atomic E-state index is 0.179. The lowest BCUT2D eigenvalue weighted by molar-refractivity contribution is 0.118. The molecule has 1 aliphatic rings. The number of aliphatic hydroxyl groups excluding tert-OH is 1. The highest BCUT2D eigenvalue weighted by atomic mass is 16.3. The monoisotopic (exact) mass is 169 g/mol. The van der Waals surface area contributed by atoms with Gasteiger partial charge >= 0.3 is 0 Å². The molecule has 1 fully saturated rings. The summed E-state index contributed by atoms with van der Waals surface area (Å²) in [6.45, 7) is 2.08. The van der Waals surface area contributed by atoms with Crippen LogP contribution in [0.1, 0.15) is 45.4 Å². The second kappa shape index (κ2) is 4.61. The molecule has 2 unspecified atom stereocenters. The molecule has 2 N–H and O–H groups in total. The van der Waals surface area contributed by atoms with E-state index in [4.69, 9.17) is 5.41 Å². The Hall–Kier alpha value is -0.370. The molecule has 0 heterocycles. The Morgan fingerprint density at radius 1 is 1.58 bits per heavy atom. The molecule has 0 aromatic carbocycles. The van der Waals surface area contributed by atoms with Crippen LogP contribution >= 0.6 is 0 Å². The molecule has 0 saturated heterocycles. The number of hydrogen-bond acceptors (Lipinski definition) is 2. The molecule has 0 radical (unpaired) electrons. The molecular formula is C10H19NO. The van der Waals surface area contributed by atoms with E-state index in [1.165, 1.54) is 6.42 Å². The minimum Gasteiger partial charge on any atom is -0.392 e. The summed E-state index contributed by atoms with van der Waals surface area (Å²) in [6.07, 6.45) is 5.90. The molecular weight excluding hydrogens is 150 g/mol. The van der Waals surface area contributed by atoms with E-state index >= 15 is 0 Å². The van der Waals surface area contributed by atoms with Crippen molar-refractivity contribution in [2.45, 2.75) is 51.6 Å². The summed E-state index contributed by atoms with van der Waals surface area (Å²) in [5.74, 6) is 0.179. The van der Waals surface area contributed by atoms with Crippen molar-refractivity contribution in [1.82, 2.24) is 0 Å². The van der Waals surface area contributed by atoms with Gasteiger partial charge in [-0.05, 0) is 25.7 Å². The molecule has 0 bridgehead atoms. The van der Waals surface area contributed by atoms with Crippen LogP contribution in [-0.4, -0.2) is 16.9 Å². The highest BCUT2D eigenvalue weighted by Crippen LogP contribution is 2.25. The lowest BCUT2D eigenvalue weighted by Gasteiger charge is -2.27. The average molecular weight is 169 g/mol. The molecule has 0 amide bonds. The third kappa shape index (κ3) is 2.31. The van der Waals surface area contributed by atoms with E-state index in [1.807, 2.05) is 0 Å². The van der Waals surface area contributed by atoms with Gasteiger partial charge in [0.2, 0.25) is 0 Å². The first kappa shape index (κ1) is 9.72. The average Bonchev–Trinajstić information content (AvgIpc) is 2.05. The first-order valence-corrected chi connectivity index (χ1v) is 5.01. The van der Waals surface area contributed by atoms with Crippen molar-refractivity contribution in [1.29, 1.82) is 5.41 Å². The number of hydrogen-bond donors (Lipinski definition) is 2. The Bertz CT molecular complexity index is 156. The summed E-state index contributed by atoms with van der Waals surface area (Å²) in [6, 6.07) is 0. The smallest absolute Gasteiger partial charge is 0.0620 e. The third-order valence-electron chi connectivity index (χ3n) is 2.71. The van der Waals surface area contributed by atoms with E-state index < -0.39 is 0 Å². The molecule has 0 aromatic heterocycles. The SMILES string of the molecule is CCCC(O)C1CCCCC1=N. The topological polar surface area (TPSA) is 44.1 Å². The van der Waals surface area contributed by atoms with Crippen molar-refractivity contribution in [2.75, 3.05) is 0 Å². The molecule has 2 atom stereocenters. The minimum atomic E-state index is -0.247. The van der Waals surface area contributed by atoms with Crippen LogP contribution in [0, 0.1) is 11.3 Å². The molecule has 12 heavy (non-hydrogen) atoms. The van der Waals surface area contributed by atoms with Gasteiger partial charge < -0.3 is 10.5 Å². The van der Waals surface area contributed by atoms with Gasteiger partial charge in [0.1, 0.15) is 0 Å². The van der Waals surface area contributed by atoms with Gasteiger partial charge in [-0.2, -0.15) is 0 Å². The zero-order chi connectivity index (χ0) is 8.97. The fraction of sp³-hybridized carbons (Fsp3) is 0.900. The zero-order valence-corrected chi connectivity index (χ0v) is 7.84. The maximum Gasteiger partial charge on any atom is 0.0620 e. The van der Waals surface area contributed by atoms with Gasteiger partial charge in [0.15, 0.2) is 0 Å². The van der Waals surface area contributed by atoms with Crippen LogP contribution in [-0.2, 0) is 0 Å². The van der Waals surface area contributed by atoms with Crippen LogP contribution in [0.3, 0.4) is 0 Å². The highest BCUT2D eigenvalue weighted by molar-refractivity contribution is 5.84. The standard InChI is InChI=1S/C10H19NO/c1-2-5-10(12)8-6-3-4-7-9(8)11/h8,10-12H,2-7H2,1H3. The summed E-state index contributed by atoms with van der Waals surface area (Å²) in [5.41, 5.74) is 0.780. The Morgan fingerprint density at radius 2 is 2.33 bits per heavy atom. The molecule has 0 spiro atoms. The summed E-state index contributed by atoms with van der Waals surface area (Å²) in [4.78, 5) is 0. The van der Waals surface area contributed by atoms with Gasteiger partial charge in [-0.3, -0.25) is 0 Å². The van der Waals surface area contributed by atoms with Gasteiger partial charge in [0.05, 0.1) is 6.10 Å². The van der Waals surface area contributed by atoms with Gasteiger partial charge in [0.25, 0.3) is 0 Å². The molecule has 70 valence electrons. The Balaban J connectivity index is 2.42. The molecule has 2 nitrogen and oxygen atoms in total. The predicted octanol–water partition coefficient (Wildman–Crippen LogP) is 2.36. The lowest BCUT2D eigenvalue weighted by Crippen LogP contribution is -2.30. The Kier molecular flexibility index (Phi) is 3.73. The molecule has 1 aliphatic carbocycles. The van der Waals surface area contributed by atoms with Crippen LogP contribution in [0.25, 0.3) is 0 Å². The number of rotatable bonds is 3. The normalized spacial score (nSPS) is 27.2. The maximum absolute atomic E-state index is 9.70. The van der Waals surface area contributed by atoms with E-state index in [0.29, 0.717) is 0 Å². The van der Waals surface area contributed by atoms with Gasteiger partial charge in [-0.25, -0.2) is 0 Å². The van der Waals surface area contributed by atoms with Crippen LogP contribution in [0.15, 0.2) is 0 Å². The quantitative estimate of drug-likeness (QED) is 0.669. The van der Waals surface area contributed by atoms with E-state index in [-0.39, 0.29) is 12.0 Å². The van der Waals surface area contributed by atoms with Crippen molar-refractivity contribution in [3.05, 3.63) is 0 Å². The maximum atomic E-state index is 9.70. The molecule has 1 rings (SSSR count). The van der Waals surface area contributed by atoms with Crippen LogP contribution in [0.4, 0.5) is 0 Å². The third-order valence-corrected chi connectivity index (χ3v) is 2.71. The Labute approximate surface area is 74.5 Å². The molecule has 1 saturated carbocycles. The van der Waals surface area contributed by atoms with Crippen LogP contribution < -0.4 is 0 Å². The van der Waals surface area contributed by atoms with Crippen molar-refractivity contribution >= 4 is 5.71 Å². The fourth-order valence-corrected chi connectivity index (χ4v) is 1.96. The van der Waals surface area contributed by atoms with Crippen molar-refractivity contribution in [3.63, 3.8) is 0 Å². The lowest BCUT2D eigenvalue weighted by atomic mass is 9.82. The molecule has 0 aromatic rings. The number of aliphatic hydroxyl groups is 1. The summed E-state index contributed by atoms with van der Waals surface area (Å²) < 4.78 is 0. The highest BCUT2D eigenvalue weighted by Gasteiger charge is 2.25. The molecule has 0 aliphatic heterocycles. The van der Waals surface area contributed by atoms with Crippen molar-refractivity contribution < 1.29 is 5.11 Å². The number of nitrogens with one attached hydrogen (secondary N) is 1. The fourth-order valence-electron chi connectivity index (χ4n) is 1.96. The van der Waals surface area contributed by atoms with E-state index in [2.05, 4.69) is 6.92 Å². The second-order valence-electron chi connectivity index (χ2n) is 3.73. The largest absolute Gasteiger partial charge is 0.392 e. The first-order valence-electron chi connectivity index (χ1n) is 5.01. The zero-order valence-electron chi connectivity index (χ0n) is 7.84. The van der Waals surface area contributed by atoms with Gasteiger partial charge in [-0.1, -0.05) is 19.8 Å². The summed E-state index contributed by atoms with van der Waals surface area (Å²) in [7, 11) is 0. The van der Waals surface area contributed by atoms with Gasteiger partial charge in [0, 0.05) is 11.6 Å². The van der Waals surface area contributed by atoms with Crippen LogP contribution in [0.2, 0.25) is 0 Å². The van der Waals surface area contributed by atoms with Crippen molar-refractivity contribution in [2.24, 2.45) is 5.92 Å². The summed E-state index contributed by atoms with van der Waals surface area (Å²) >= 11 is 0. The molecule has 2 heteroatoms. The second-order valence-corrected chi connectivity index (χ2v) is 3.73.